The highest BCUT2D eigenvalue weighted by molar-refractivity contribution is 6.02. The molecule has 2 aliphatic heterocycles. The third kappa shape index (κ3) is 16.4. The Balaban J connectivity index is 0.000000299. The number of likely N-dealkylation sites (N-methyl/N-ethyl adjacent to an activating group) is 1. The average molecular weight is 1070 g/mol. The fraction of sp³-hybridized carbons (Fsp3) is 0.350. The molecule has 16 nitrogen and oxygen atoms in total. The van der Waals surface area contributed by atoms with Crippen molar-refractivity contribution in [3.05, 3.63) is 200 Å². The third-order valence-corrected chi connectivity index (χ3v) is 13.4. The van der Waals surface area contributed by atoms with E-state index in [1.807, 2.05) is 75.5 Å². The van der Waals surface area contributed by atoms with Crippen LogP contribution in [0.1, 0.15) is 93.5 Å². The van der Waals surface area contributed by atoms with E-state index in [0.29, 0.717) is 54.9 Å². The minimum atomic E-state index is -1.09. The molecule has 3 N–H and O–H groups in total. The molecule has 1 unspecified atom stereocenters. The van der Waals surface area contributed by atoms with Crippen LogP contribution in [0, 0.1) is 10.1 Å². The van der Waals surface area contributed by atoms with Gasteiger partial charge in [-0.25, -0.2) is 9.59 Å². The molecule has 0 spiro atoms. The van der Waals surface area contributed by atoms with Gasteiger partial charge in [0.1, 0.15) is 18.2 Å². The molecule has 0 fully saturated rings. The quantitative estimate of drug-likeness (QED) is 0.0271. The Morgan fingerprint density at radius 3 is 2.01 bits per heavy atom. The van der Waals surface area contributed by atoms with Gasteiger partial charge in [-0.05, 0) is 114 Å². The predicted octanol–water partition coefficient (Wildman–Crippen LogP) is 9.47. The van der Waals surface area contributed by atoms with Crippen LogP contribution in [0.25, 0.3) is 0 Å². The number of carbonyl (C=O) groups excluding carboxylic acids is 4. The second kappa shape index (κ2) is 28.5. The van der Waals surface area contributed by atoms with Gasteiger partial charge in [-0.15, -0.1) is 12.4 Å². The Hall–Kier alpha value is -7.66. The number of rotatable bonds is 21. The van der Waals surface area contributed by atoms with E-state index in [9.17, 15) is 39.2 Å². The summed E-state index contributed by atoms with van der Waals surface area (Å²) >= 11 is 0. The number of amides is 1. The molecule has 7 rings (SSSR count). The van der Waals surface area contributed by atoms with Crippen molar-refractivity contribution in [3.63, 3.8) is 0 Å². The van der Waals surface area contributed by atoms with Gasteiger partial charge in [0.15, 0.2) is 0 Å². The molecule has 0 bridgehead atoms. The van der Waals surface area contributed by atoms with Gasteiger partial charge in [-0.1, -0.05) is 121 Å². The zero-order valence-electron chi connectivity index (χ0n) is 44.7. The molecule has 2 heterocycles. The number of dihydropyridines is 1. The van der Waals surface area contributed by atoms with Gasteiger partial charge < -0.3 is 29.5 Å². The molecule has 3 atom stereocenters. The highest BCUT2D eigenvalue weighted by Gasteiger charge is 2.40. The summed E-state index contributed by atoms with van der Waals surface area (Å²) in [5.74, 6) is -3.80. The molecule has 0 saturated carbocycles. The number of anilines is 1. The molecule has 17 heteroatoms. The minimum absolute atomic E-state index is 0. The molecule has 77 heavy (non-hydrogen) atoms. The number of carbonyl (C=O) groups is 5. The van der Waals surface area contributed by atoms with Gasteiger partial charge in [0.05, 0.1) is 41.7 Å². The Bertz CT molecular complexity index is 2860. The molecular formula is C60H70ClN5O11. The first-order valence-electron chi connectivity index (χ1n) is 25.5. The van der Waals surface area contributed by atoms with Crippen molar-refractivity contribution in [2.24, 2.45) is 0 Å². The van der Waals surface area contributed by atoms with Crippen LogP contribution in [0.15, 0.2) is 162 Å². The summed E-state index contributed by atoms with van der Waals surface area (Å²) < 4.78 is 16.4. The summed E-state index contributed by atoms with van der Waals surface area (Å²) in [5.41, 5.74) is 5.85. The monoisotopic (exact) mass is 1070 g/mol. The molecule has 2 aliphatic rings. The zero-order chi connectivity index (χ0) is 54.9. The fourth-order valence-electron chi connectivity index (χ4n) is 9.99. The number of allylic oxidation sites excluding steroid dienone is 2. The lowest BCUT2D eigenvalue weighted by Gasteiger charge is -2.34. The maximum atomic E-state index is 14.0. The van der Waals surface area contributed by atoms with E-state index >= 15 is 0 Å². The number of nitrogens with zero attached hydrogens (tertiary/aromatic N) is 3. The number of aryl methyl sites for hydroxylation is 2. The van der Waals surface area contributed by atoms with Gasteiger partial charge in [0.2, 0.25) is 5.91 Å². The summed E-state index contributed by atoms with van der Waals surface area (Å²) in [6.07, 6.45) is 3.05. The normalized spacial score (nSPS) is 15.7. The Labute approximate surface area is 457 Å². The first kappa shape index (κ1) is 60.2. The number of hydrogen-bond acceptors (Lipinski definition) is 13. The lowest BCUT2D eigenvalue weighted by Crippen LogP contribution is -2.53. The number of carboxylic acids is 1. The van der Waals surface area contributed by atoms with E-state index in [4.69, 9.17) is 14.2 Å². The van der Waals surface area contributed by atoms with Gasteiger partial charge in [0.25, 0.3) is 5.69 Å². The average Bonchev–Trinajstić information content (AvgIpc) is 3.54. The lowest BCUT2D eigenvalue weighted by molar-refractivity contribution is -0.384. The number of ether oxygens (including phenoxy) is 3. The number of nitrogens with one attached hydrogen (secondary N) is 2. The molecule has 5 aromatic carbocycles. The topological polar surface area (TPSA) is 207 Å². The lowest BCUT2D eigenvalue weighted by atomic mass is 9.80. The largest absolute Gasteiger partial charge is 0.480 e. The highest BCUT2D eigenvalue weighted by Crippen LogP contribution is 2.41. The van der Waals surface area contributed by atoms with Crippen molar-refractivity contribution in [2.45, 2.75) is 96.2 Å². The Morgan fingerprint density at radius 1 is 0.844 bits per heavy atom. The van der Waals surface area contributed by atoms with Crippen molar-refractivity contribution in [2.75, 3.05) is 45.3 Å². The molecule has 0 radical (unpaired) electrons. The van der Waals surface area contributed by atoms with Crippen LogP contribution in [-0.2, 0) is 51.0 Å². The van der Waals surface area contributed by atoms with Gasteiger partial charge >= 0.3 is 23.9 Å². The number of fused-ring (bicyclic) bond motifs is 1. The van der Waals surface area contributed by atoms with Crippen LogP contribution in [0.4, 0.5) is 11.4 Å². The van der Waals surface area contributed by atoms with Crippen LogP contribution >= 0.6 is 12.4 Å². The van der Waals surface area contributed by atoms with Gasteiger partial charge in [0, 0.05) is 41.7 Å². The molecule has 0 aromatic heterocycles. The van der Waals surface area contributed by atoms with E-state index < -0.39 is 58.9 Å². The SMILES string of the molecule is CCOC(=O)[C@H](CCc1ccccc1)N[C@H]1CCc2ccccc2N(CC(=O)O)C1=O.COC(=O)C1=C(C)NC(C)=C(C(=O)OC(C)(C)CN(C)CCC(c2ccccc2)c2ccccc2)C1c1cccc([N+](=O)[O-])c1.Cl. The van der Waals surface area contributed by atoms with Crippen molar-refractivity contribution >= 4 is 53.6 Å². The number of esters is 3. The van der Waals surface area contributed by atoms with Crippen LogP contribution in [0.3, 0.4) is 0 Å². The molecule has 0 aliphatic carbocycles. The van der Waals surface area contributed by atoms with Gasteiger partial charge in [-0.2, -0.15) is 0 Å². The number of benzene rings is 5. The van der Waals surface area contributed by atoms with Crippen molar-refractivity contribution in [1.29, 1.82) is 0 Å². The smallest absolute Gasteiger partial charge is 0.337 e. The van der Waals surface area contributed by atoms with Crippen LogP contribution < -0.4 is 15.5 Å². The second-order valence-corrected chi connectivity index (χ2v) is 19.6. The number of methoxy groups -OCH3 is 1. The summed E-state index contributed by atoms with van der Waals surface area (Å²) in [6, 6.07) is 42.5. The summed E-state index contributed by atoms with van der Waals surface area (Å²) in [6.45, 7) is 9.91. The maximum Gasteiger partial charge on any atom is 0.337 e. The number of para-hydroxylation sites is 1. The fourth-order valence-corrected chi connectivity index (χ4v) is 9.99. The number of carboxylic acid groups (broad SMARTS) is 1. The number of aliphatic carboxylic acids is 1. The van der Waals surface area contributed by atoms with Crippen LogP contribution in [0.2, 0.25) is 0 Å². The van der Waals surface area contributed by atoms with E-state index in [1.165, 1.54) is 41.3 Å². The second-order valence-electron chi connectivity index (χ2n) is 19.6. The standard InChI is InChI=1S/C36H41N3O6.C24H28N2O5.ClH/c1-24-31(34(40)44-6)33(28-18-13-19-29(22-28)39(42)43)32(25(2)37-24)35(41)45-36(3,4)23-38(5)21-20-30(26-14-9-7-10-15-26)27-16-11-8-12-17-27;1-2-31-24(30)20(14-12-17-8-4-3-5-9-17)25-19-15-13-18-10-6-7-11-21(18)26(23(19)29)16-22(27)28;/h7-19,22,30,33,37H,20-21,23H2,1-6H3;3-11,19-20,25H,2,12-16H2,1H3,(H,27,28);1H/t;19-,20-;/m.0./s1. The van der Waals surface area contributed by atoms with Gasteiger partial charge in [-0.3, -0.25) is 34.7 Å². The summed E-state index contributed by atoms with van der Waals surface area (Å²) in [7, 11) is 3.26. The molecule has 0 saturated heterocycles. The van der Waals surface area contributed by atoms with Crippen LogP contribution in [0.5, 0.6) is 0 Å². The number of halogens is 1. The zero-order valence-corrected chi connectivity index (χ0v) is 45.5. The van der Waals surface area contributed by atoms with E-state index in [2.05, 4.69) is 64.1 Å². The Morgan fingerprint density at radius 2 is 1.43 bits per heavy atom. The molecule has 408 valence electrons. The van der Waals surface area contributed by atoms with E-state index in [-0.39, 0.29) is 47.7 Å². The van der Waals surface area contributed by atoms with Crippen molar-refractivity contribution in [3.8, 4) is 0 Å². The first-order chi connectivity index (χ1) is 36.4. The minimum Gasteiger partial charge on any atom is -0.480 e. The Kier molecular flexibility index (Phi) is 22.3. The first-order valence-corrected chi connectivity index (χ1v) is 25.5. The highest BCUT2D eigenvalue weighted by atomic mass is 35.5. The van der Waals surface area contributed by atoms with Crippen molar-refractivity contribution in [1.82, 2.24) is 15.5 Å². The molecule has 5 aromatic rings. The summed E-state index contributed by atoms with van der Waals surface area (Å²) in [5, 5.41) is 27.2. The number of non-ortho nitro benzene ring substituents is 1. The maximum absolute atomic E-state index is 14.0. The third-order valence-electron chi connectivity index (χ3n) is 13.4. The van der Waals surface area contributed by atoms with Crippen molar-refractivity contribution < 1.29 is 48.2 Å². The molecular weight excluding hydrogens is 1000 g/mol. The summed E-state index contributed by atoms with van der Waals surface area (Å²) in [4.78, 5) is 78.8. The predicted molar refractivity (Wildman–Crippen MR) is 298 cm³/mol. The number of nitro benzene ring substituents is 1. The van der Waals surface area contributed by atoms with Crippen LogP contribution in [-0.4, -0.2) is 103 Å². The van der Waals surface area contributed by atoms with E-state index in [0.717, 1.165) is 24.1 Å². The number of nitro groups is 1. The molecule has 1 amide bonds. The number of hydrogen-bond donors (Lipinski definition) is 3. The van der Waals surface area contributed by atoms with E-state index in [1.54, 1.807) is 39.0 Å².